The van der Waals surface area contributed by atoms with E-state index in [1.54, 1.807) is 0 Å². The second-order valence-electron chi connectivity index (χ2n) is 4.91. The minimum atomic E-state index is 0.783. The highest BCUT2D eigenvalue weighted by Crippen LogP contribution is 2.32. The molecule has 2 aromatic carbocycles. The third kappa shape index (κ3) is 3.33. The Morgan fingerprint density at radius 1 is 1.10 bits per heavy atom. The summed E-state index contributed by atoms with van der Waals surface area (Å²) in [5.41, 5.74) is 4.65. The zero-order valence-electron chi connectivity index (χ0n) is 12.3. The molecule has 0 bridgehead atoms. The van der Waals surface area contributed by atoms with Crippen molar-refractivity contribution in [3.63, 3.8) is 0 Å². The van der Waals surface area contributed by atoms with E-state index in [1.165, 1.54) is 16.8 Å². The largest absolute Gasteiger partial charge is 0.343 e. The Kier molecular flexibility index (Phi) is 5.05. The van der Waals surface area contributed by atoms with E-state index in [1.807, 2.05) is 25.2 Å². The van der Waals surface area contributed by atoms with Gasteiger partial charge in [0.25, 0.3) is 0 Å². The highest BCUT2D eigenvalue weighted by Gasteiger charge is 2.10. The molecule has 0 unspecified atom stereocenters. The van der Waals surface area contributed by atoms with Crippen LogP contribution in [0.5, 0.6) is 0 Å². The maximum absolute atomic E-state index is 6.44. The Bertz CT molecular complexity index is 581. The third-order valence-corrected chi connectivity index (χ3v) is 3.73. The van der Waals surface area contributed by atoms with Crippen LogP contribution >= 0.6 is 11.6 Å². The highest BCUT2D eigenvalue weighted by atomic mass is 35.5. The van der Waals surface area contributed by atoms with Gasteiger partial charge in [-0.25, -0.2) is 0 Å². The van der Waals surface area contributed by atoms with Gasteiger partial charge in [0.05, 0.1) is 10.7 Å². The Morgan fingerprint density at radius 3 is 2.50 bits per heavy atom. The standard InChI is InChI=1S/C17H21ClN2/c1-4-19-12-14-9-10-17(15(18)11-14)20(3)16-8-6-5-7-13(16)2/h5-11,19H,4,12H2,1-3H3. The van der Waals surface area contributed by atoms with Crippen LogP contribution in [0.4, 0.5) is 11.4 Å². The average molecular weight is 289 g/mol. The molecule has 106 valence electrons. The molecule has 0 heterocycles. The lowest BCUT2D eigenvalue weighted by Gasteiger charge is -2.23. The van der Waals surface area contributed by atoms with Crippen LogP contribution in [0.3, 0.4) is 0 Å². The summed E-state index contributed by atoms with van der Waals surface area (Å²) in [7, 11) is 2.05. The molecule has 0 atom stereocenters. The molecule has 0 radical (unpaired) electrons. The minimum Gasteiger partial charge on any atom is -0.343 e. The number of hydrogen-bond donors (Lipinski definition) is 1. The number of halogens is 1. The number of anilines is 2. The van der Waals surface area contributed by atoms with Gasteiger partial charge < -0.3 is 10.2 Å². The summed E-state index contributed by atoms with van der Waals surface area (Å²) in [5, 5.41) is 4.09. The lowest BCUT2D eigenvalue weighted by molar-refractivity contribution is 0.727. The summed E-state index contributed by atoms with van der Waals surface area (Å²) < 4.78 is 0. The van der Waals surface area contributed by atoms with Crippen LogP contribution in [0, 0.1) is 6.92 Å². The summed E-state index contributed by atoms with van der Waals surface area (Å²) in [6, 6.07) is 14.6. The molecule has 0 aliphatic rings. The van der Waals surface area contributed by atoms with Crippen molar-refractivity contribution in [2.75, 3.05) is 18.5 Å². The van der Waals surface area contributed by atoms with Crippen molar-refractivity contribution < 1.29 is 0 Å². The van der Waals surface area contributed by atoms with Crippen LogP contribution in [0.1, 0.15) is 18.1 Å². The van der Waals surface area contributed by atoms with Crippen LogP contribution in [0.25, 0.3) is 0 Å². The lowest BCUT2D eigenvalue weighted by atomic mass is 10.1. The Morgan fingerprint density at radius 2 is 1.85 bits per heavy atom. The fourth-order valence-corrected chi connectivity index (χ4v) is 2.60. The summed E-state index contributed by atoms with van der Waals surface area (Å²) in [4.78, 5) is 2.13. The van der Waals surface area contributed by atoms with Gasteiger partial charge >= 0.3 is 0 Å². The predicted octanol–water partition coefficient (Wildman–Crippen LogP) is 4.53. The van der Waals surface area contributed by atoms with E-state index >= 15 is 0 Å². The first-order chi connectivity index (χ1) is 9.63. The molecular formula is C17H21ClN2. The fraction of sp³-hybridized carbons (Fsp3) is 0.294. The first-order valence-corrected chi connectivity index (χ1v) is 7.29. The molecule has 2 rings (SSSR count). The second-order valence-corrected chi connectivity index (χ2v) is 5.32. The predicted molar refractivity (Wildman–Crippen MR) is 88.1 cm³/mol. The second kappa shape index (κ2) is 6.78. The van der Waals surface area contributed by atoms with Crippen LogP contribution < -0.4 is 10.2 Å². The first kappa shape index (κ1) is 14.9. The number of nitrogens with zero attached hydrogens (tertiary/aromatic N) is 1. The summed E-state index contributed by atoms with van der Waals surface area (Å²) in [6.07, 6.45) is 0. The van der Waals surface area contributed by atoms with Crippen molar-refractivity contribution >= 4 is 23.0 Å². The maximum Gasteiger partial charge on any atom is 0.0646 e. The van der Waals surface area contributed by atoms with Crippen molar-refractivity contribution in [2.45, 2.75) is 20.4 Å². The van der Waals surface area contributed by atoms with Crippen LogP contribution in [-0.2, 0) is 6.54 Å². The van der Waals surface area contributed by atoms with E-state index in [0.717, 1.165) is 23.8 Å². The Labute approximate surface area is 126 Å². The van der Waals surface area contributed by atoms with Gasteiger partial charge in [0.1, 0.15) is 0 Å². The van der Waals surface area contributed by atoms with Crippen molar-refractivity contribution in [2.24, 2.45) is 0 Å². The number of hydrogen-bond acceptors (Lipinski definition) is 2. The lowest BCUT2D eigenvalue weighted by Crippen LogP contribution is -2.13. The molecule has 1 N–H and O–H groups in total. The molecule has 2 nitrogen and oxygen atoms in total. The van der Waals surface area contributed by atoms with Crippen molar-refractivity contribution in [1.29, 1.82) is 0 Å². The van der Waals surface area contributed by atoms with Gasteiger partial charge in [-0.15, -0.1) is 0 Å². The molecule has 0 aliphatic carbocycles. The van der Waals surface area contributed by atoms with E-state index < -0.39 is 0 Å². The third-order valence-electron chi connectivity index (χ3n) is 3.43. The fourth-order valence-electron chi connectivity index (χ4n) is 2.27. The number of benzene rings is 2. The van der Waals surface area contributed by atoms with E-state index in [-0.39, 0.29) is 0 Å². The van der Waals surface area contributed by atoms with Crippen LogP contribution in [0.15, 0.2) is 42.5 Å². The zero-order chi connectivity index (χ0) is 14.5. The molecule has 3 heteroatoms. The average Bonchev–Trinajstić information content (AvgIpc) is 2.45. The molecule has 0 spiro atoms. The van der Waals surface area contributed by atoms with Crippen molar-refractivity contribution in [3.8, 4) is 0 Å². The SMILES string of the molecule is CCNCc1ccc(N(C)c2ccccc2C)c(Cl)c1. The van der Waals surface area contributed by atoms with Gasteiger partial charge in [-0.2, -0.15) is 0 Å². The smallest absolute Gasteiger partial charge is 0.0646 e. The van der Waals surface area contributed by atoms with Gasteiger partial charge in [0.15, 0.2) is 0 Å². The number of aryl methyl sites for hydroxylation is 1. The molecule has 0 amide bonds. The first-order valence-electron chi connectivity index (χ1n) is 6.92. The Hall–Kier alpha value is -1.51. The van der Waals surface area contributed by atoms with Gasteiger partial charge in [-0.3, -0.25) is 0 Å². The van der Waals surface area contributed by atoms with E-state index in [2.05, 4.69) is 48.3 Å². The van der Waals surface area contributed by atoms with Gasteiger partial charge in [-0.05, 0) is 42.8 Å². The normalized spacial score (nSPS) is 10.6. The molecule has 0 saturated heterocycles. The number of nitrogens with one attached hydrogen (secondary N) is 1. The molecule has 0 aliphatic heterocycles. The van der Waals surface area contributed by atoms with E-state index in [4.69, 9.17) is 11.6 Å². The van der Waals surface area contributed by atoms with Gasteiger partial charge in [-0.1, -0.05) is 42.8 Å². The quantitative estimate of drug-likeness (QED) is 0.870. The molecule has 0 saturated carbocycles. The Balaban J connectivity index is 2.27. The number of para-hydroxylation sites is 1. The molecule has 2 aromatic rings. The van der Waals surface area contributed by atoms with Crippen molar-refractivity contribution in [1.82, 2.24) is 5.32 Å². The molecule has 20 heavy (non-hydrogen) atoms. The highest BCUT2D eigenvalue weighted by molar-refractivity contribution is 6.33. The monoisotopic (exact) mass is 288 g/mol. The molecular weight excluding hydrogens is 268 g/mol. The van der Waals surface area contributed by atoms with E-state index in [9.17, 15) is 0 Å². The number of rotatable bonds is 5. The minimum absolute atomic E-state index is 0.783. The van der Waals surface area contributed by atoms with E-state index in [0.29, 0.717) is 0 Å². The molecule has 0 aromatic heterocycles. The summed E-state index contributed by atoms with van der Waals surface area (Å²) >= 11 is 6.44. The maximum atomic E-state index is 6.44. The summed E-state index contributed by atoms with van der Waals surface area (Å²) in [5.74, 6) is 0. The topological polar surface area (TPSA) is 15.3 Å². The molecule has 0 fully saturated rings. The zero-order valence-corrected chi connectivity index (χ0v) is 13.0. The van der Waals surface area contributed by atoms with Crippen molar-refractivity contribution in [3.05, 3.63) is 58.6 Å². The van der Waals surface area contributed by atoms with Crippen LogP contribution in [-0.4, -0.2) is 13.6 Å². The van der Waals surface area contributed by atoms with Crippen LogP contribution in [0.2, 0.25) is 5.02 Å². The summed E-state index contributed by atoms with van der Waals surface area (Å²) in [6.45, 7) is 6.02. The van der Waals surface area contributed by atoms with Gasteiger partial charge in [0, 0.05) is 19.3 Å². The van der Waals surface area contributed by atoms with Gasteiger partial charge in [0.2, 0.25) is 0 Å².